The average molecular weight is 162 g/mol. The van der Waals surface area contributed by atoms with Crippen LogP contribution < -0.4 is 0 Å². The molecule has 0 amide bonds. The van der Waals surface area contributed by atoms with E-state index in [1.54, 1.807) is 13.8 Å². The van der Waals surface area contributed by atoms with Crippen LogP contribution in [0.3, 0.4) is 0 Å². The van der Waals surface area contributed by atoms with Crippen molar-refractivity contribution in [1.82, 2.24) is 0 Å². The van der Waals surface area contributed by atoms with E-state index >= 15 is 0 Å². The maximum atomic E-state index is 9.96. The SMILES string of the molecule is CCC(=O)O.CCC(=O)OC. The lowest BCUT2D eigenvalue weighted by Crippen LogP contribution is -1.94. The zero-order valence-electron chi connectivity index (χ0n) is 7.09. The molecule has 0 fully saturated rings. The first-order valence-electron chi connectivity index (χ1n) is 3.37. The van der Waals surface area contributed by atoms with Crippen LogP contribution >= 0.6 is 0 Å². The van der Waals surface area contributed by atoms with Gasteiger partial charge in [0.15, 0.2) is 0 Å². The summed E-state index contributed by atoms with van der Waals surface area (Å²) < 4.78 is 4.26. The molecular formula is C7H14O4. The third kappa shape index (κ3) is 17.6. The summed E-state index contributed by atoms with van der Waals surface area (Å²) in [6.07, 6.45) is 0.691. The minimum atomic E-state index is -0.745. The largest absolute Gasteiger partial charge is 0.481 e. The molecule has 0 aromatic carbocycles. The van der Waals surface area contributed by atoms with Gasteiger partial charge in [0.2, 0.25) is 0 Å². The van der Waals surface area contributed by atoms with Crippen LogP contribution in [0.25, 0.3) is 0 Å². The lowest BCUT2D eigenvalue weighted by Gasteiger charge is -1.87. The lowest BCUT2D eigenvalue weighted by atomic mass is 10.5. The standard InChI is InChI=1S/C4H8O2.C3H6O2/c1-3-4(5)6-2;1-2-3(4)5/h3H2,1-2H3;2H2,1H3,(H,4,5). The molecule has 0 spiro atoms. The summed E-state index contributed by atoms with van der Waals surface area (Å²) in [5.74, 6) is -0.903. The Labute approximate surface area is 66.2 Å². The van der Waals surface area contributed by atoms with Crippen molar-refractivity contribution < 1.29 is 19.4 Å². The highest BCUT2D eigenvalue weighted by Gasteiger charge is 1.87. The number of methoxy groups -OCH3 is 1. The molecule has 0 atom stereocenters. The number of esters is 1. The number of carbonyl (C=O) groups is 2. The number of carbonyl (C=O) groups excluding carboxylic acids is 1. The molecule has 0 aliphatic heterocycles. The maximum absolute atomic E-state index is 9.96. The Morgan fingerprint density at radius 3 is 1.64 bits per heavy atom. The Bertz CT molecular complexity index is 114. The molecule has 0 aromatic heterocycles. The summed E-state index contributed by atoms with van der Waals surface area (Å²) >= 11 is 0. The van der Waals surface area contributed by atoms with Gasteiger partial charge in [0.1, 0.15) is 0 Å². The second kappa shape index (κ2) is 8.94. The molecule has 0 aliphatic rings. The maximum Gasteiger partial charge on any atom is 0.305 e. The van der Waals surface area contributed by atoms with Gasteiger partial charge in [-0.1, -0.05) is 13.8 Å². The van der Waals surface area contributed by atoms with Gasteiger partial charge < -0.3 is 9.84 Å². The summed E-state index contributed by atoms with van der Waals surface area (Å²) in [6, 6.07) is 0. The van der Waals surface area contributed by atoms with Crippen LogP contribution in [-0.4, -0.2) is 24.2 Å². The van der Waals surface area contributed by atoms with E-state index < -0.39 is 5.97 Å². The Morgan fingerprint density at radius 1 is 1.27 bits per heavy atom. The van der Waals surface area contributed by atoms with Gasteiger partial charge in [-0.05, 0) is 0 Å². The second-order valence-electron chi connectivity index (χ2n) is 1.68. The summed E-state index contributed by atoms with van der Waals surface area (Å²) in [7, 11) is 1.38. The van der Waals surface area contributed by atoms with Gasteiger partial charge in [-0.25, -0.2) is 0 Å². The first kappa shape index (κ1) is 12.6. The number of hydrogen-bond donors (Lipinski definition) is 1. The monoisotopic (exact) mass is 162 g/mol. The number of carboxylic acids is 1. The van der Waals surface area contributed by atoms with E-state index in [2.05, 4.69) is 4.74 Å². The van der Waals surface area contributed by atoms with E-state index in [-0.39, 0.29) is 12.4 Å². The van der Waals surface area contributed by atoms with Crippen molar-refractivity contribution in [3.63, 3.8) is 0 Å². The van der Waals surface area contributed by atoms with Crippen LogP contribution in [0.1, 0.15) is 26.7 Å². The van der Waals surface area contributed by atoms with Crippen molar-refractivity contribution in [2.75, 3.05) is 7.11 Å². The molecule has 4 nitrogen and oxygen atoms in total. The molecule has 0 aliphatic carbocycles. The van der Waals surface area contributed by atoms with E-state index in [1.807, 2.05) is 0 Å². The molecule has 0 saturated heterocycles. The third-order valence-corrected chi connectivity index (χ3v) is 0.819. The van der Waals surface area contributed by atoms with Crippen molar-refractivity contribution in [2.24, 2.45) is 0 Å². The van der Waals surface area contributed by atoms with Gasteiger partial charge in [0.25, 0.3) is 0 Å². The van der Waals surface area contributed by atoms with E-state index in [4.69, 9.17) is 5.11 Å². The van der Waals surface area contributed by atoms with Crippen molar-refractivity contribution in [1.29, 1.82) is 0 Å². The summed E-state index contributed by atoms with van der Waals surface area (Å²) in [5, 5.41) is 7.72. The molecule has 0 saturated carbocycles. The first-order chi connectivity index (χ1) is 5.08. The minimum Gasteiger partial charge on any atom is -0.481 e. The number of aliphatic carboxylic acids is 1. The van der Waals surface area contributed by atoms with Crippen LogP contribution in [0.4, 0.5) is 0 Å². The fraction of sp³-hybridized carbons (Fsp3) is 0.714. The highest BCUT2D eigenvalue weighted by Crippen LogP contribution is 1.76. The number of hydrogen-bond acceptors (Lipinski definition) is 3. The molecular weight excluding hydrogens is 148 g/mol. The number of ether oxygens (including phenoxy) is 1. The molecule has 1 N–H and O–H groups in total. The molecule has 4 heteroatoms. The predicted octanol–water partition coefficient (Wildman–Crippen LogP) is 1.05. The lowest BCUT2D eigenvalue weighted by molar-refractivity contribution is -0.140. The third-order valence-electron chi connectivity index (χ3n) is 0.819. The predicted molar refractivity (Wildman–Crippen MR) is 40.2 cm³/mol. The van der Waals surface area contributed by atoms with Crippen molar-refractivity contribution in [2.45, 2.75) is 26.7 Å². The summed E-state index contributed by atoms with van der Waals surface area (Å²) in [6.45, 7) is 3.36. The minimum absolute atomic E-state index is 0.157. The molecule has 0 unspecified atom stereocenters. The molecule has 0 aromatic rings. The van der Waals surface area contributed by atoms with Crippen LogP contribution in [0, 0.1) is 0 Å². The molecule has 0 bridgehead atoms. The van der Waals surface area contributed by atoms with Crippen LogP contribution in [-0.2, 0) is 14.3 Å². The van der Waals surface area contributed by atoms with Crippen molar-refractivity contribution >= 4 is 11.9 Å². The van der Waals surface area contributed by atoms with E-state index in [9.17, 15) is 9.59 Å². The van der Waals surface area contributed by atoms with Crippen LogP contribution in [0.2, 0.25) is 0 Å². The normalized spacial score (nSPS) is 7.55. The average Bonchev–Trinajstić information content (AvgIpc) is 2.04. The van der Waals surface area contributed by atoms with Gasteiger partial charge in [0.05, 0.1) is 7.11 Å². The molecule has 0 radical (unpaired) electrons. The van der Waals surface area contributed by atoms with Gasteiger partial charge in [-0.3, -0.25) is 9.59 Å². The zero-order chi connectivity index (χ0) is 9.28. The topological polar surface area (TPSA) is 63.6 Å². The fourth-order valence-electron chi connectivity index (χ4n) is 0.144. The van der Waals surface area contributed by atoms with Gasteiger partial charge in [0, 0.05) is 12.8 Å². The van der Waals surface area contributed by atoms with Gasteiger partial charge in [-0.15, -0.1) is 0 Å². The first-order valence-corrected chi connectivity index (χ1v) is 3.37. The van der Waals surface area contributed by atoms with Gasteiger partial charge >= 0.3 is 11.9 Å². The van der Waals surface area contributed by atoms with Crippen LogP contribution in [0.5, 0.6) is 0 Å². The van der Waals surface area contributed by atoms with E-state index in [0.717, 1.165) is 0 Å². The highest BCUT2D eigenvalue weighted by molar-refractivity contribution is 5.68. The highest BCUT2D eigenvalue weighted by atomic mass is 16.5. The van der Waals surface area contributed by atoms with Crippen molar-refractivity contribution in [3.8, 4) is 0 Å². The molecule has 0 rings (SSSR count). The Kier molecular flexibility index (Phi) is 10.2. The van der Waals surface area contributed by atoms with Crippen molar-refractivity contribution in [3.05, 3.63) is 0 Å². The smallest absolute Gasteiger partial charge is 0.305 e. The number of rotatable bonds is 2. The second-order valence-corrected chi connectivity index (χ2v) is 1.68. The molecule has 66 valence electrons. The quantitative estimate of drug-likeness (QED) is 0.616. The fourth-order valence-corrected chi connectivity index (χ4v) is 0.144. The Morgan fingerprint density at radius 2 is 1.64 bits per heavy atom. The van der Waals surface area contributed by atoms with Crippen LogP contribution in [0.15, 0.2) is 0 Å². The van der Waals surface area contributed by atoms with Gasteiger partial charge in [-0.2, -0.15) is 0 Å². The summed E-state index contributed by atoms with van der Waals surface area (Å²) in [4.78, 5) is 19.3. The number of carboxylic acid groups (broad SMARTS) is 1. The molecule has 11 heavy (non-hydrogen) atoms. The zero-order valence-corrected chi connectivity index (χ0v) is 7.09. The van der Waals surface area contributed by atoms with E-state index in [1.165, 1.54) is 7.11 Å². The molecule has 0 heterocycles. The van der Waals surface area contributed by atoms with E-state index in [0.29, 0.717) is 6.42 Å². The Balaban J connectivity index is 0. The Hall–Kier alpha value is -1.06. The summed E-state index contributed by atoms with van der Waals surface area (Å²) in [5.41, 5.74) is 0.